The molecule has 2 aromatic carbocycles. The minimum Gasteiger partial charge on any atom is -0.364 e. The van der Waals surface area contributed by atoms with Crippen molar-refractivity contribution in [2.45, 2.75) is 49.5 Å². The standard InChI is InChI=1S/C26H32N4S/c1-27-25(31)29-28-23-18-26(30-14-8-9-15-30)16-21(19-10-4-2-5-11-19)24(23)22(17-26)20-12-6-3-7-13-20/h2-7,10-13,21-22,24H,8-9,14-18H2,1H3,(H2,27,29,31)/b28-23+/t21-,22-,24?,26?/m0/s1. The molecule has 31 heavy (non-hydrogen) atoms. The Labute approximate surface area is 191 Å². The molecular weight excluding hydrogens is 400 g/mol. The Kier molecular flexibility index (Phi) is 5.81. The molecule has 5 heteroatoms. The van der Waals surface area contributed by atoms with Gasteiger partial charge in [0, 0.05) is 30.6 Å². The van der Waals surface area contributed by atoms with E-state index in [-0.39, 0.29) is 5.54 Å². The summed E-state index contributed by atoms with van der Waals surface area (Å²) in [5, 5.41) is 8.52. The van der Waals surface area contributed by atoms with Gasteiger partial charge < -0.3 is 5.32 Å². The van der Waals surface area contributed by atoms with E-state index in [1.54, 1.807) is 0 Å². The highest BCUT2D eigenvalue weighted by Crippen LogP contribution is 2.59. The number of nitrogens with one attached hydrogen (secondary N) is 2. The Morgan fingerprint density at radius 2 is 1.48 bits per heavy atom. The molecule has 2 atom stereocenters. The largest absolute Gasteiger partial charge is 0.364 e. The van der Waals surface area contributed by atoms with E-state index in [0.29, 0.717) is 22.9 Å². The SMILES string of the molecule is CNC(=S)N/N=C1\CC2(N3CCCC3)C[C@@H](c3ccccc3)C1[C@H](c1ccccc1)C2. The predicted molar refractivity (Wildman–Crippen MR) is 131 cm³/mol. The van der Waals surface area contributed by atoms with Gasteiger partial charge in [-0.2, -0.15) is 5.10 Å². The highest BCUT2D eigenvalue weighted by molar-refractivity contribution is 7.80. The van der Waals surface area contributed by atoms with E-state index in [1.807, 2.05) is 7.05 Å². The lowest BCUT2D eigenvalue weighted by Gasteiger charge is -2.59. The number of likely N-dealkylation sites (tertiary alicyclic amines) is 1. The van der Waals surface area contributed by atoms with Crippen LogP contribution in [0.15, 0.2) is 65.8 Å². The first kappa shape index (κ1) is 20.7. The van der Waals surface area contributed by atoms with Crippen LogP contribution in [0.4, 0.5) is 0 Å². The van der Waals surface area contributed by atoms with Crippen molar-refractivity contribution < 1.29 is 0 Å². The molecule has 2 aromatic rings. The molecule has 6 rings (SSSR count). The minimum atomic E-state index is 0.175. The van der Waals surface area contributed by atoms with Crippen LogP contribution in [0.5, 0.6) is 0 Å². The number of rotatable bonds is 4. The summed E-state index contributed by atoms with van der Waals surface area (Å²) in [7, 11) is 1.84. The molecule has 0 spiro atoms. The lowest BCUT2D eigenvalue weighted by Crippen LogP contribution is -2.61. The van der Waals surface area contributed by atoms with E-state index in [4.69, 9.17) is 17.3 Å². The van der Waals surface area contributed by atoms with Crippen molar-refractivity contribution in [1.82, 2.24) is 15.6 Å². The number of hydrazone groups is 1. The summed E-state index contributed by atoms with van der Waals surface area (Å²) >= 11 is 5.35. The van der Waals surface area contributed by atoms with Crippen LogP contribution in [0.2, 0.25) is 0 Å². The zero-order valence-corrected chi connectivity index (χ0v) is 19.1. The smallest absolute Gasteiger partial charge is 0.186 e. The van der Waals surface area contributed by atoms with Gasteiger partial charge in [-0.1, -0.05) is 60.7 Å². The Bertz CT molecular complexity index is 887. The average Bonchev–Trinajstić information content (AvgIpc) is 3.39. The van der Waals surface area contributed by atoms with Crippen LogP contribution in [0, 0.1) is 5.92 Å². The molecule has 0 amide bonds. The maximum absolute atomic E-state index is 5.35. The molecular formula is C26H32N4S. The molecule has 0 radical (unpaired) electrons. The topological polar surface area (TPSA) is 39.7 Å². The fraction of sp³-hybridized carbons (Fsp3) is 0.462. The maximum atomic E-state index is 5.35. The normalized spacial score (nSPS) is 31.6. The highest BCUT2D eigenvalue weighted by Gasteiger charge is 2.57. The van der Waals surface area contributed by atoms with Crippen molar-refractivity contribution in [3.63, 3.8) is 0 Å². The van der Waals surface area contributed by atoms with Gasteiger partial charge in [-0.05, 0) is 74.0 Å². The lowest BCUT2D eigenvalue weighted by atomic mass is 9.52. The molecule has 2 bridgehead atoms. The molecule has 1 saturated heterocycles. The second-order valence-corrected chi connectivity index (χ2v) is 9.77. The van der Waals surface area contributed by atoms with Crippen LogP contribution in [-0.2, 0) is 0 Å². The van der Waals surface area contributed by atoms with Gasteiger partial charge in [-0.15, -0.1) is 0 Å². The molecule has 0 unspecified atom stereocenters. The number of hydrogen-bond donors (Lipinski definition) is 2. The van der Waals surface area contributed by atoms with Crippen molar-refractivity contribution in [3.05, 3.63) is 71.8 Å². The van der Waals surface area contributed by atoms with Gasteiger partial charge in [0.25, 0.3) is 0 Å². The van der Waals surface area contributed by atoms with Gasteiger partial charge in [-0.25, -0.2) is 0 Å². The van der Waals surface area contributed by atoms with Crippen molar-refractivity contribution >= 4 is 23.0 Å². The third kappa shape index (κ3) is 3.90. The van der Waals surface area contributed by atoms with Crippen molar-refractivity contribution in [1.29, 1.82) is 0 Å². The molecule has 4 nitrogen and oxygen atoms in total. The first-order chi connectivity index (χ1) is 15.2. The van der Waals surface area contributed by atoms with Crippen LogP contribution in [0.1, 0.15) is 55.1 Å². The first-order valence-corrected chi connectivity index (χ1v) is 12.0. The van der Waals surface area contributed by atoms with E-state index < -0.39 is 0 Å². The van der Waals surface area contributed by atoms with E-state index >= 15 is 0 Å². The summed E-state index contributed by atoms with van der Waals surface area (Å²) in [5.41, 5.74) is 7.47. The maximum Gasteiger partial charge on any atom is 0.186 e. The predicted octanol–water partition coefficient (Wildman–Crippen LogP) is 4.65. The summed E-state index contributed by atoms with van der Waals surface area (Å²) in [5.74, 6) is 1.33. The summed E-state index contributed by atoms with van der Waals surface area (Å²) < 4.78 is 0. The summed E-state index contributed by atoms with van der Waals surface area (Å²) in [6.45, 7) is 2.42. The van der Waals surface area contributed by atoms with Crippen molar-refractivity contribution in [2.75, 3.05) is 20.1 Å². The molecule has 162 valence electrons. The van der Waals surface area contributed by atoms with Crippen LogP contribution in [0.3, 0.4) is 0 Å². The molecule has 2 N–H and O–H groups in total. The lowest BCUT2D eigenvalue weighted by molar-refractivity contribution is 0.0285. The molecule has 1 aliphatic heterocycles. The quantitative estimate of drug-likeness (QED) is 0.545. The number of nitrogens with zero attached hydrogens (tertiary/aromatic N) is 2. The number of benzene rings is 2. The average molecular weight is 433 g/mol. The third-order valence-electron chi connectivity index (χ3n) is 7.72. The highest BCUT2D eigenvalue weighted by atomic mass is 32.1. The summed E-state index contributed by atoms with van der Waals surface area (Å²) in [6, 6.07) is 22.2. The monoisotopic (exact) mass is 432 g/mol. The molecule has 4 aliphatic rings. The van der Waals surface area contributed by atoms with Crippen LogP contribution in [-0.4, -0.2) is 41.4 Å². The Morgan fingerprint density at radius 3 is 2.00 bits per heavy atom. The Hall–Kier alpha value is -2.24. The first-order valence-electron chi connectivity index (χ1n) is 11.6. The second kappa shape index (κ2) is 8.71. The van der Waals surface area contributed by atoms with Gasteiger partial charge in [0.05, 0.1) is 0 Å². The minimum absolute atomic E-state index is 0.175. The summed E-state index contributed by atoms with van der Waals surface area (Å²) in [6.07, 6.45) is 6.11. The fourth-order valence-electron chi connectivity index (χ4n) is 6.41. The molecule has 1 heterocycles. The van der Waals surface area contributed by atoms with Gasteiger partial charge in [0.2, 0.25) is 0 Å². The molecule has 0 aromatic heterocycles. The summed E-state index contributed by atoms with van der Waals surface area (Å²) in [4.78, 5) is 2.79. The van der Waals surface area contributed by atoms with E-state index in [1.165, 1.54) is 55.6 Å². The fourth-order valence-corrected chi connectivity index (χ4v) is 6.45. The van der Waals surface area contributed by atoms with Gasteiger partial charge in [0.1, 0.15) is 0 Å². The van der Waals surface area contributed by atoms with Gasteiger partial charge in [-0.3, -0.25) is 10.3 Å². The van der Waals surface area contributed by atoms with Crippen LogP contribution in [0.25, 0.3) is 0 Å². The Balaban J connectivity index is 1.62. The zero-order valence-electron chi connectivity index (χ0n) is 18.3. The molecule has 3 saturated carbocycles. The second-order valence-electron chi connectivity index (χ2n) is 9.36. The van der Waals surface area contributed by atoms with Crippen molar-refractivity contribution in [2.24, 2.45) is 11.0 Å². The van der Waals surface area contributed by atoms with Crippen molar-refractivity contribution in [3.8, 4) is 0 Å². The van der Waals surface area contributed by atoms with Gasteiger partial charge >= 0.3 is 0 Å². The number of fused-ring (bicyclic) bond motifs is 3. The van der Waals surface area contributed by atoms with E-state index in [0.717, 1.165) is 6.42 Å². The Morgan fingerprint density at radius 1 is 0.935 bits per heavy atom. The third-order valence-corrected chi connectivity index (χ3v) is 8.02. The molecule has 4 fully saturated rings. The van der Waals surface area contributed by atoms with Crippen LogP contribution >= 0.6 is 12.2 Å². The molecule has 3 aliphatic carbocycles. The van der Waals surface area contributed by atoms with E-state index in [2.05, 4.69) is 76.3 Å². The zero-order chi connectivity index (χ0) is 21.3. The number of hydrogen-bond acceptors (Lipinski definition) is 3. The number of thiocarbonyl (C=S) groups is 1. The van der Waals surface area contributed by atoms with E-state index in [9.17, 15) is 0 Å². The van der Waals surface area contributed by atoms with Gasteiger partial charge in [0.15, 0.2) is 5.11 Å². The van der Waals surface area contributed by atoms with Crippen LogP contribution < -0.4 is 10.7 Å².